The van der Waals surface area contributed by atoms with Crippen molar-refractivity contribution >= 4 is 81.1 Å². The van der Waals surface area contributed by atoms with Gasteiger partial charge in [-0.3, -0.25) is 31.3 Å². The molecule has 14 heteroatoms. The number of nitrogens with one attached hydrogen (secondary N) is 6. The molecule has 0 aromatic heterocycles. The maximum Gasteiger partial charge on any atom is 0.329 e. The van der Waals surface area contributed by atoms with Gasteiger partial charge in [-0.15, -0.1) is 0 Å². The Kier molecular flexibility index (Phi) is 8.47. The van der Waals surface area contributed by atoms with E-state index in [-0.39, 0.29) is 20.3 Å². The molecule has 0 unspecified atom stereocenters. The average molecular weight is 493 g/mol. The molecule has 0 saturated heterocycles. The van der Waals surface area contributed by atoms with Gasteiger partial charge in [-0.2, -0.15) is 0 Å². The van der Waals surface area contributed by atoms with Crippen LogP contribution in [0.1, 0.15) is 0 Å². The van der Waals surface area contributed by atoms with Crippen molar-refractivity contribution in [3.05, 3.63) is 58.1 Å². The first-order chi connectivity index (χ1) is 14.2. The molecule has 0 aliphatic rings. The van der Waals surface area contributed by atoms with E-state index >= 15 is 0 Å². The van der Waals surface area contributed by atoms with Crippen molar-refractivity contribution in [3.8, 4) is 0 Å². The maximum absolute atomic E-state index is 13.1. The number of halogens is 4. The number of rotatable bonds is 2. The van der Waals surface area contributed by atoms with Crippen molar-refractivity contribution < 1.29 is 18.4 Å². The van der Waals surface area contributed by atoms with Crippen LogP contribution in [0.5, 0.6) is 0 Å². The van der Waals surface area contributed by atoms with Crippen molar-refractivity contribution in [2.45, 2.75) is 0 Å². The van der Waals surface area contributed by atoms with Gasteiger partial charge in [0.1, 0.15) is 11.6 Å². The first-order valence-electron chi connectivity index (χ1n) is 7.80. The molecule has 0 bridgehead atoms. The molecule has 0 heterocycles. The van der Waals surface area contributed by atoms with E-state index in [9.17, 15) is 18.4 Å². The Morgan fingerprint density at radius 3 is 1.40 bits per heavy atom. The van der Waals surface area contributed by atoms with E-state index in [1.807, 2.05) is 10.9 Å². The van der Waals surface area contributed by atoms with Crippen LogP contribution >= 0.6 is 47.6 Å². The Balaban J connectivity index is 1.73. The van der Waals surface area contributed by atoms with Gasteiger partial charge in [0.2, 0.25) is 0 Å². The zero-order valence-corrected chi connectivity index (χ0v) is 17.8. The van der Waals surface area contributed by atoms with Gasteiger partial charge in [0.15, 0.2) is 10.2 Å². The summed E-state index contributed by atoms with van der Waals surface area (Å²) < 4.78 is 26.2. The van der Waals surface area contributed by atoms with Gasteiger partial charge < -0.3 is 10.6 Å². The summed E-state index contributed by atoms with van der Waals surface area (Å²) in [6, 6.07) is 7.56. The van der Waals surface area contributed by atoms with Gasteiger partial charge in [0, 0.05) is 11.4 Å². The van der Waals surface area contributed by atoms with Gasteiger partial charge in [-0.25, -0.2) is 8.78 Å². The predicted molar refractivity (Wildman–Crippen MR) is 118 cm³/mol. The second kappa shape index (κ2) is 10.8. The van der Waals surface area contributed by atoms with E-state index in [1.165, 1.54) is 24.3 Å². The molecule has 6 N–H and O–H groups in total. The number of anilines is 2. The van der Waals surface area contributed by atoms with Gasteiger partial charge in [-0.1, -0.05) is 23.2 Å². The molecule has 2 aromatic carbocycles. The molecule has 0 spiro atoms. The van der Waals surface area contributed by atoms with Crippen LogP contribution in [0.4, 0.5) is 20.2 Å². The fourth-order valence-corrected chi connectivity index (χ4v) is 2.51. The van der Waals surface area contributed by atoms with E-state index < -0.39 is 23.4 Å². The minimum absolute atomic E-state index is 0.0860. The van der Waals surface area contributed by atoms with Crippen LogP contribution in [0.2, 0.25) is 10.0 Å². The number of carbonyl (C=O) groups is 2. The molecule has 2 amide bonds. The molecule has 0 fully saturated rings. The molecule has 0 radical (unpaired) electrons. The highest BCUT2D eigenvalue weighted by Crippen LogP contribution is 2.20. The average Bonchev–Trinajstić information content (AvgIpc) is 2.70. The third-order valence-corrected chi connectivity index (χ3v) is 4.13. The summed E-state index contributed by atoms with van der Waals surface area (Å²) in [7, 11) is 0. The van der Waals surface area contributed by atoms with Gasteiger partial charge in [0.25, 0.3) is 0 Å². The summed E-state index contributed by atoms with van der Waals surface area (Å²) in [5.41, 5.74) is 9.36. The standard InChI is InChI=1S/C16H12Cl2F2N6O2S2/c17-9-5-7(1-3-11(9)19)21-15(29)25-23-13(27)14(28)24-26-16(30)22-8-2-4-12(20)10(18)6-8/h1-6H,(H,23,27)(H,24,28)(H2,21,25,29)(H2,22,26,30). The van der Waals surface area contributed by atoms with E-state index in [0.717, 1.165) is 12.1 Å². The summed E-state index contributed by atoms with van der Waals surface area (Å²) in [5, 5.41) is 4.85. The molecular weight excluding hydrogens is 481 g/mol. The number of hydrogen-bond acceptors (Lipinski definition) is 4. The van der Waals surface area contributed by atoms with Gasteiger partial charge >= 0.3 is 11.8 Å². The number of carbonyl (C=O) groups excluding carboxylic acids is 2. The minimum atomic E-state index is -1.10. The van der Waals surface area contributed by atoms with E-state index in [2.05, 4.69) is 21.5 Å². The van der Waals surface area contributed by atoms with Crippen molar-refractivity contribution in [3.63, 3.8) is 0 Å². The summed E-state index contributed by atoms with van der Waals surface area (Å²) >= 11 is 21.1. The highest BCUT2D eigenvalue weighted by Gasteiger charge is 2.14. The first kappa shape index (κ1) is 23.5. The van der Waals surface area contributed by atoms with E-state index in [1.54, 1.807) is 0 Å². The van der Waals surface area contributed by atoms with Crippen molar-refractivity contribution in [1.29, 1.82) is 0 Å². The van der Waals surface area contributed by atoms with Crippen LogP contribution in [0.25, 0.3) is 0 Å². The molecule has 8 nitrogen and oxygen atoms in total. The Labute approximate surface area is 189 Å². The van der Waals surface area contributed by atoms with Crippen molar-refractivity contribution in [2.75, 3.05) is 10.6 Å². The van der Waals surface area contributed by atoms with E-state index in [0.29, 0.717) is 11.4 Å². The molecule has 0 aliphatic heterocycles. The monoisotopic (exact) mass is 492 g/mol. The molecule has 2 rings (SSSR count). The summed E-state index contributed by atoms with van der Waals surface area (Å²) in [6.45, 7) is 0. The Morgan fingerprint density at radius 2 is 1.07 bits per heavy atom. The predicted octanol–water partition coefficient (Wildman–Crippen LogP) is 2.61. The van der Waals surface area contributed by atoms with Crippen LogP contribution in [0, 0.1) is 11.6 Å². The number of thiocarbonyl (C=S) groups is 2. The first-order valence-corrected chi connectivity index (χ1v) is 9.37. The summed E-state index contributed by atoms with van der Waals surface area (Å²) in [5.74, 6) is -3.41. The maximum atomic E-state index is 13.1. The lowest BCUT2D eigenvalue weighted by atomic mass is 10.3. The Morgan fingerprint density at radius 1 is 0.700 bits per heavy atom. The zero-order valence-electron chi connectivity index (χ0n) is 14.6. The number of benzene rings is 2. The second-order valence-electron chi connectivity index (χ2n) is 5.32. The molecule has 0 atom stereocenters. The third kappa shape index (κ3) is 7.22. The number of amides is 2. The molecule has 30 heavy (non-hydrogen) atoms. The Bertz CT molecular complexity index is 932. The fourth-order valence-electron chi connectivity index (χ4n) is 1.81. The van der Waals surface area contributed by atoms with Crippen LogP contribution in [0.15, 0.2) is 36.4 Å². The smallest absolute Gasteiger partial charge is 0.329 e. The summed E-state index contributed by atoms with van der Waals surface area (Å²) in [6.07, 6.45) is 0. The molecule has 2 aromatic rings. The molecule has 0 saturated carbocycles. The zero-order chi connectivity index (χ0) is 22.3. The summed E-state index contributed by atoms with van der Waals surface area (Å²) in [4.78, 5) is 23.5. The van der Waals surface area contributed by atoms with Crippen molar-refractivity contribution in [2.24, 2.45) is 0 Å². The van der Waals surface area contributed by atoms with Crippen molar-refractivity contribution in [1.82, 2.24) is 21.7 Å². The highest BCUT2D eigenvalue weighted by molar-refractivity contribution is 7.80. The van der Waals surface area contributed by atoms with Crippen LogP contribution in [-0.2, 0) is 9.59 Å². The third-order valence-electron chi connectivity index (χ3n) is 3.14. The lowest BCUT2D eigenvalue weighted by Gasteiger charge is -2.13. The SMILES string of the molecule is O=C(NNC(=S)Nc1ccc(F)c(Cl)c1)C(=O)NNC(=S)Nc1ccc(F)c(Cl)c1. The lowest BCUT2D eigenvalue weighted by Crippen LogP contribution is -2.53. The number of hydrazine groups is 2. The normalized spacial score (nSPS) is 9.87. The van der Waals surface area contributed by atoms with Crippen LogP contribution in [-0.4, -0.2) is 22.0 Å². The highest BCUT2D eigenvalue weighted by atomic mass is 35.5. The lowest BCUT2D eigenvalue weighted by molar-refractivity contribution is -0.139. The van der Waals surface area contributed by atoms with E-state index in [4.69, 9.17) is 47.6 Å². The molecule has 0 aliphatic carbocycles. The molecule has 158 valence electrons. The number of hydrogen-bond donors (Lipinski definition) is 6. The fraction of sp³-hybridized carbons (Fsp3) is 0. The topological polar surface area (TPSA) is 106 Å². The van der Waals surface area contributed by atoms with Gasteiger partial charge in [0.05, 0.1) is 10.0 Å². The largest absolute Gasteiger partial charge is 0.331 e. The van der Waals surface area contributed by atoms with Crippen LogP contribution in [0.3, 0.4) is 0 Å². The minimum Gasteiger partial charge on any atom is -0.331 e. The van der Waals surface area contributed by atoms with Gasteiger partial charge in [-0.05, 0) is 60.8 Å². The quantitative estimate of drug-likeness (QED) is 0.216. The molecular formula is C16H12Cl2F2N6O2S2. The van der Waals surface area contributed by atoms with Crippen LogP contribution < -0.4 is 32.3 Å². The second-order valence-corrected chi connectivity index (χ2v) is 6.96. The Hall–Kier alpha value is -2.80.